The summed E-state index contributed by atoms with van der Waals surface area (Å²) in [6.07, 6.45) is 3.05. The van der Waals surface area contributed by atoms with Crippen LogP contribution in [0.5, 0.6) is 5.75 Å². The molecule has 12 heteroatoms. The van der Waals surface area contributed by atoms with Crippen LogP contribution in [0.15, 0.2) is 41.4 Å². The van der Waals surface area contributed by atoms with Crippen molar-refractivity contribution in [2.75, 3.05) is 4.72 Å². The SMILES string of the molecule is CC(C)(C)OC(=O)NC1CCC(Oc2cccc(S(=O)(=O)Nc3ccc(Cl)c4c(Cl)c[nH]c34)c2F)CC1. The first kappa shape index (κ1) is 27.3. The predicted molar refractivity (Wildman–Crippen MR) is 142 cm³/mol. The molecule has 1 aromatic heterocycles. The van der Waals surface area contributed by atoms with Crippen molar-refractivity contribution in [2.45, 2.75) is 69.1 Å². The maximum atomic E-state index is 15.3. The maximum Gasteiger partial charge on any atom is 0.407 e. The highest BCUT2D eigenvalue weighted by molar-refractivity contribution is 7.92. The number of halogens is 3. The summed E-state index contributed by atoms with van der Waals surface area (Å²) >= 11 is 12.3. The van der Waals surface area contributed by atoms with Gasteiger partial charge in [-0.1, -0.05) is 29.3 Å². The number of anilines is 1. The Bertz CT molecular complexity index is 1410. The third kappa shape index (κ3) is 6.42. The Morgan fingerprint density at radius 2 is 1.78 bits per heavy atom. The van der Waals surface area contributed by atoms with Gasteiger partial charge in [0.2, 0.25) is 0 Å². The van der Waals surface area contributed by atoms with Gasteiger partial charge in [-0.05, 0) is 70.7 Å². The highest BCUT2D eigenvalue weighted by Crippen LogP contribution is 2.36. The van der Waals surface area contributed by atoms with Crippen LogP contribution >= 0.6 is 23.2 Å². The topological polar surface area (TPSA) is 110 Å². The maximum absolute atomic E-state index is 15.3. The Morgan fingerprint density at radius 1 is 1.08 bits per heavy atom. The second-order valence-electron chi connectivity index (χ2n) is 9.89. The van der Waals surface area contributed by atoms with E-state index >= 15 is 4.39 Å². The number of H-pyrrole nitrogens is 1. The van der Waals surface area contributed by atoms with Crippen LogP contribution in [0, 0.1) is 5.82 Å². The minimum Gasteiger partial charge on any atom is -0.487 e. The molecule has 0 spiro atoms. The molecule has 0 unspecified atom stereocenters. The molecule has 1 aliphatic carbocycles. The molecule has 0 atom stereocenters. The third-order valence-electron chi connectivity index (χ3n) is 5.89. The second kappa shape index (κ2) is 10.6. The molecule has 0 bridgehead atoms. The van der Waals surface area contributed by atoms with E-state index in [1.54, 1.807) is 20.8 Å². The number of rotatable bonds is 6. The minimum absolute atomic E-state index is 0.0758. The number of aromatic amines is 1. The number of benzene rings is 2. The number of carbonyl (C=O) groups is 1. The molecule has 1 aliphatic rings. The standard InChI is InChI=1S/C25H28Cl2FN3O5S/c1-25(2,3)36-24(32)30-14-7-9-15(10-8-14)35-19-5-4-6-20(22(19)28)37(33,34)31-18-12-11-16(26)21-17(27)13-29-23(18)21/h4-6,11-15,29,31H,7-10H2,1-3H3,(H,30,32). The molecule has 3 aromatic rings. The summed E-state index contributed by atoms with van der Waals surface area (Å²) in [6.45, 7) is 5.38. The lowest BCUT2D eigenvalue weighted by Crippen LogP contribution is -2.42. The third-order valence-corrected chi connectivity index (χ3v) is 7.88. The van der Waals surface area contributed by atoms with Crippen LogP contribution in [0.3, 0.4) is 0 Å². The second-order valence-corrected chi connectivity index (χ2v) is 12.4. The lowest BCUT2D eigenvalue weighted by Gasteiger charge is -2.30. The van der Waals surface area contributed by atoms with Crippen molar-refractivity contribution in [1.29, 1.82) is 0 Å². The number of nitrogens with one attached hydrogen (secondary N) is 3. The van der Waals surface area contributed by atoms with E-state index in [4.69, 9.17) is 32.7 Å². The van der Waals surface area contributed by atoms with Crippen molar-refractivity contribution in [3.05, 3.63) is 52.4 Å². The molecule has 1 amide bonds. The Balaban J connectivity index is 1.44. The van der Waals surface area contributed by atoms with E-state index in [0.29, 0.717) is 46.6 Å². The number of aromatic nitrogens is 1. The number of hydrogen-bond donors (Lipinski definition) is 3. The first-order valence-electron chi connectivity index (χ1n) is 11.8. The fourth-order valence-electron chi connectivity index (χ4n) is 4.22. The van der Waals surface area contributed by atoms with Gasteiger partial charge in [0, 0.05) is 17.6 Å². The van der Waals surface area contributed by atoms with E-state index in [-0.39, 0.29) is 23.6 Å². The molecule has 8 nitrogen and oxygen atoms in total. The van der Waals surface area contributed by atoms with Crippen molar-refractivity contribution in [2.24, 2.45) is 0 Å². The number of carbonyl (C=O) groups excluding carboxylic acids is 1. The van der Waals surface area contributed by atoms with Gasteiger partial charge in [0.15, 0.2) is 11.6 Å². The molecule has 200 valence electrons. The minimum atomic E-state index is -4.31. The lowest BCUT2D eigenvalue weighted by atomic mass is 9.93. The monoisotopic (exact) mass is 571 g/mol. The molecule has 37 heavy (non-hydrogen) atoms. The van der Waals surface area contributed by atoms with Crippen LogP contribution in [-0.4, -0.2) is 37.2 Å². The van der Waals surface area contributed by atoms with Gasteiger partial charge in [-0.15, -0.1) is 0 Å². The fourth-order valence-corrected chi connectivity index (χ4v) is 5.94. The van der Waals surface area contributed by atoms with Crippen molar-refractivity contribution in [1.82, 2.24) is 10.3 Å². The normalized spacial score (nSPS) is 18.4. The van der Waals surface area contributed by atoms with E-state index in [2.05, 4.69) is 15.0 Å². The molecule has 0 saturated heterocycles. The van der Waals surface area contributed by atoms with E-state index in [9.17, 15) is 13.2 Å². The van der Waals surface area contributed by atoms with Crippen molar-refractivity contribution >= 4 is 55.9 Å². The van der Waals surface area contributed by atoms with Gasteiger partial charge in [0.05, 0.1) is 27.4 Å². The van der Waals surface area contributed by atoms with E-state index < -0.39 is 32.4 Å². The Hall–Kier alpha value is -2.69. The van der Waals surface area contributed by atoms with Crippen LogP contribution in [0.4, 0.5) is 14.9 Å². The molecule has 2 aromatic carbocycles. The fraction of sp³-hybridized carbons (Fsp3) is 0.400. The molecular weight excluding hydrogens is 544 g/mol. The number of alkyl carbamates (subject to hydrolysis) is 1. The number of sulfonamides is 1. The number of amides is 1. The van der Waals surface area contributed by atoms with Crippen LogP contribution in [0.1, 0.15) is 46.5 Å². The molecule has 0 aliphatic heterocycles. The smallest absolute Gasteiger partial charge is 0.407 e. The van der Waals surface area contributed by atoms with Gasteiger partial charge in [0.25, 0.3) is 10.0 Å². The van der Waals surface area contributed by atoms with Crippen molar-refractivity contribution in [3.8, 4) is 5.75 Å². The van der Waals surface area contributed by atoms with Gasteiger partial charge in [0.1, 0.15) is 10.5 Å². The number of fused-ring (bicyclic) bond motifs is 1. The first-order chi connectivity index (χ1) is 17.3. The van der Waals surface area contributed by atoms with Gasteiger partial charge in [-0.2, -0.15) is 0 Å². The van der Waals surface area contributed by atoms with E-state index in [1.807, 2.05) is 0 Å². The molecule has 1 saturated carbocycles. The highest BCUT2D eigenvalue weighted by atomic mass is 35.5. The summed E-state index contributed by atoms with van der Waals surface area (Å²) in [5.41, 5.74) is -0.0330. The molecule has 0 radical (unpaired) electrons. The summed E-state index contributed by atoms with van der Waals surface area (Å²) in [7, 11) is -4.31. The Morgan fingerprint density at radius 3 is 2.46 bits per heavy atom. The number of hydrogen-bond acceptors (Lipinski definition) is 5. The average molecular weight is 572 g/mol. The zero-order valence-corrected chi connectivity index (χ0v) is 22.9. The molecule has 3 N–H and O–H groups in total. The van der Waals surface area contributed by atoms with Gasteiger partial charge < -0.3 is 19.8 Å². The zero-order chi connectivity index (χ0) is 27.0. The molecule has 1 heterocycles. The zero-order valence-electron chi connectivity index (χ0n) is 20.5. The van der Waals surface area contributed by atoms with Crippen LogP contribution in [-0.2, 0) is 14.8 Å². The lowest BCUT2D eigenvalue weighted by molar-refractivity contribution is 0.0469. The Labute approximate surface area is 224 Å². The summed E-state index contributed by atoms with van der Waals surface area (Å²) in [5, 5.41) is 3.98. The van der Waals surface area contributed by atoms with Crippen LogP contribution < -0.4 is 14.8 Å². The number of ether oxygens (including phenoxy) is 2. The van der Waals surface area contributed by atoms with Crippen molar-refractivity contribution < 1.29 is 27.1 Å². The summed E-state index contributed by atoms with van der Waals surface area (Å²) in [4.78, 5) is 14.3. The van der Waals surface area contributed by atoms with Crippen molar-refractivity contribution in [3.63, 3.8) is 0 Å². The molecular formula is C25H28Cl2FN3O5S. The van der Waals surface area contributed by atoms with Crippen LogP contribution in [0.25, 0.3) is 10.9 Å². The Kier molecular flexibility index (Phi) is 7.83. The van der Waals surface area contributed by atoms with Gasteiger partial charge in [-0.3, -0.25) is 4.72 Å². The van der Waals surface area contributed by atoms with Crippen LogP contribution in [0.2, 0.25) is 10.0 Å². The quantitative estimate of drug-likeness (QED) is 0.307. The van der Waals surface area contributed by atoms with Gasteiger partial charge >= 0.3 is 6.09 Å². The summed E-state index contributed by atoms with van der Waals surface area (Å²) < 4.78 is 55.1. The largest absolute Gasteiger partial charge is 0.487 e. The van der Waals surface area contributed by atoms with Gasteiger partial charge in [-0.25, -0.2) is 17.6 Å². The summed E-state index contributed by atoms with van der Waals surface area (Å²) in [5.74, 6) is -1.14. The predicted octanol–water partition coefficient (Wildman–Crippen LogP) is 6.63. The molecule has 4 rings (SSSR count). The first-order valence-corrected chi connectivity index (χ1v) is 14.0. The van der Waals surface area contributed by atoms with E-state index in [1.165, 1.54) is 36.5 Å². The van der Waals surface area contributed by atoms with E-state index in [0.717, 1.165) is 0 Å². The molecule has 1 fully saturated rings. The highest BCUT2D eigenvalue weighted by Gasteiger charge is 2.28. The summed E-state index contributed by atoms with van der Waals surface area (Å²) in [6, 6.07) is 6.88. The average Bonchev–Trinajstić information content (AvgIpc) is 3.19.